The average molecular weight is 403 g/mol. The zero-order chi connectivity index (χ0) is 21.3. The van der Waals surface area contributed by atoms with Gasteiger partial charge in [0.25, 0.3) is 5.91 Å². The summed E-state index contributed by atoms with van der Waals surface area (Å²) in [5.74, 6) is 0.181. The molecule has 0 bridgehead atoms. The molecule has 0 aliphatic carbocycles. The predicted octanol–water partition coefficient (Wildman–Crippen LogP) is 4.86. The number of halogens is 1. The Kier molecular flexibility index (Phi) is 5.18. The molecule has 6 nitrogen and oxygen atoms in total. The Balaban J connectivity index is 1.51. The maximum absolute atomic E-state index is 13.4. The maximum Gasteiger partial charge on any atom is 0.257 e. The van der Waals surface area contributed by atoms with Crippen LogP contribution in [0.4, 0.5) is 16.0 Å². The van der Waals surface area contributed by atoms with Crippen molar-refractivity contribution < 1.29 is 9.18 Å². The van der Waals surface area contributed by atoms with Crippen LogP contribution >= 0.6 is 0 Å². The van der Waals surface area contributed by atoms with E-state index in [1.807, 2.05) is 30.1 Å². The van der Waals surface area contributed by atoms with E-state index in [1.54, 1.807) is 24.3 Å². The van der Waals surface area contributed by atoms with Crippen LogP contribution in [0.3, 0.4) is 0 Å². The van der Waals surface area contributed by atoms with Crippen molar-refractivity contribution in [3.05, 3.63) is 72.2 Å². The SMILES string of the molecule is CC(C)N(C)c1nc2ccc(NC(=O)c3ccc(-c4cccc(F)c4)nc3)cc2[nH]1. The number of carbonyl (C=O) groups is 1. The van der Waals surface area contributed by atoms with Gasteiger partial charge in [0.05, 0.1) is 22.3 Å². The standard InChI is InChI=1S/C23H22FN5O/c1-14(2)29(3)23-27-20-10-8-18(12-21(20)28-23)26-22(30)16-7-9-19(25-13-16)15-5-4-6-17(24)11-15/h4-14H,1-3H3,(H,26,30)(H,27,28). The van der Waals surface area contributed by atoms with E-state index in [9.17, 15) is 9.18 Å². The van der Waals surface area contributed by atoms with E-state index in [2.05, 4.69) is 34.1 Å². The van der Waals surface area contributed by atoms with E-state index < -0.39 is 0 Å². The first kappa shape index (κ1) is 19.6. The van der Waals surface area contributed by atoms with Gasteiger partial charge in [0.15, 0.2) is 0 Å². The van der Waals surface area contributed by atoms with E-state index >= 15 is 0 Å². The van der Waals surface area contributed by atoms with Crippen molar-refractivity contribution in [1.29, 1.82) is 0 Å². The van der Waals surface area contributed by atoms with Crippen LogP contribution in [0.25, 0.3) is 22.3 Å². The molecule has 0 spiro atoms. The van der Waals surface area contributed by atoms with Crippen LogP contribution in [0.2, 0.25) is 0 Å². The molecule has 0 fully saturated rings. The van der Waals surface area contributed by atoms with Crippen LogP contribution in [0.5, 0.6) is 0 Å². The lowest BCUT2D eigenvalue weighted by Crippen LogP contribution is -2.26. The summed E-state index contributed by atoms with van der Waals surface area (Å²) in [5.41, 5.74) is 4.01. The second-order valence-electron chi connectivity index (χ2n) is 7.39. The molecule has 2 N–H and O–H groups in total. The van der Waals surface area contributed by atoms with Crippen LogP contribution in [0.15, 0.2) is 60.8 Å². The molecule has 0 saturated heterocycles. The Hall–Kier alpha value is -3.74. The zero-order valence-corrected chi connectivity index (χ0v) is 17.0. The molecule has 0 saturated carbocycles. The van der Waals surface area contributed by atoms with Gasteiger partial charge in [0.2, 0.25) is 5.95 Å². The van der Waals surface area contributed by atoms with Crippen molar-refractivity contribution in [2.24, 2.45) is 0 Å². The minimum Gasteiger partial charge on any atom is -0.343 e. The number of benzene rings is 2. The first-order valence-corrected chi connectivity index (χ1v) is 9.66. The number of amides is 1. The van der Waals surface area contributed by atoms with Gasteiger partial charge in [-0.15, -0.1) is 0 Å². The Bertz CT molecular complexity index is 1200. The summed E-state index contributed by atoms with van der Waals surface area (Å²) in [6.07, 6.45) is 1.49. The van der Waals surface area contributed by atoms with Gasteiger partial charge in [0, 0.05) is 30.5 Å². The number of nitrogens with zero attached hydrogens (tertiary/aromatic N) is 3. The van der Waals surface area contributed by atoms with Crippen molar-refractivity contribution in [2.75, 3.05) is 17.3 Å². The number of H-pyrrole nitrogens is 1. The fourth-order valence-electron chi connectivity index (χ4n) is 3.04. The largest absolute Gasteiger partial charge is 0.343 e. The highest BCUT2D eigenvalue weighted by Crippen LogP contribution is 2.22. The molecule has 0 aliphatic rings. The number of fused-ring (bicyclic) bond motifs is 1. The number of anilines is 2. The first-order valence-electron chi connectivity index (χ1n) is 9.66. The number of aromatic amines is 1. The summed E-state index contributed by atoms with van der Waals surface area (Å²) in [6.45, 7) is 4.18. The van der Waals surface area contributed by atoms with E-state index in [-0.39, 0.29) is 11.7 Å². The van der Waals surface area contributed by atoms with E-state index in [1.165, 1.54) is 18.3 Å². The summed E-state index contributed by atoms with van der Waals surface area (Å²) >= 11 is 0. The third-order valence-corrected chi connectivity index (χ3v) is 4.98. The molecule has 7 heteroatoms. The Morgan fingerprint density at radius 2 is 1.97 bits per heavy atom. The van der Waals surface area contributed by atoms with Gasteiger partial charge in [0.1, 0.15) is 5.82 Å². The number of imidazole rings is 1. The number of pyridine rings is 1. The minimum absolute atomic E-state index is 0.272. The van der Waals surface area contributed by atoms with Crippen molar-refractivity contribution in [1.82, 2.24) is 15.0 Å². The highest BCUT2D eigenvalue weighted by Gasteiger charge is 2.12. The molecule has 2 aromatic carbocycles. The molecule has 1 amide bonds. The van der Waals surface area contributed by atoms with Crippen molar-refractivity contribution >= 4 is 28.6 Å². The van der Waals surface area contributed by atoms with Gasteiger partial charge in [-0.25, -0.2) is 9.37 Å². The molecule has 4 aromatic rings. The van der Waals surface area contributed by atoms with Crippen LogP contribution in [0.1, 0.15) is 24.2 Å². The average Bonchev–Trinajstić information content (AvgIpc) is 3.16. The molecule has 152 valence electrons. The lowest BCUT2D eigenvalue weighted by molar-refractivity contribution is 0.102. The number of carbonyl (C=O) groups excluding carboxylic acids is 1. The third kappa shape index (κ3) is 4.00. The maximum atomic E-state index is 13.4. The summed E-state index contributed by atoms with van der Waals surface area (Å²) in [5, 5.41) is 2.88. The molecule has 4 rings (SSSR count). The van der Waals surface area contributed by atoms with Crippen LogP contribution < -0.4 is 10.2 Å². The number of rotatable bonds is 5. The summed E-state index contributed by atoms with van der Waals surface area (Å²) in [6, 6.07) is 15.4. The first-order chi connectivity index (χ1) is 14.4. The molecule has 0 aliphatic heterocycles. The Morgan fingerprint density at radius 3 is 2.67 bits per heavy atom. The summed E-state index contributed by atoms with van der Waals surface area (Å²) < 4.78 is 13.4. The minimum atomic E-state index is -0.326. The molecule has 0 unspecified atom stereocenters. The van der Waals surface area contributed by atoms with Gasteiger partial charge in [-0.05, 0) is 56.3 Å². The second-order valence-corrected chi connectivity index (χ2v) is 7.39. The lowest BCUT2D eigenvalue weighted by Gasteiger charge is -2.19. The van der Waals surface area contributed by atoms with Crippen molar-refractivity contribution in [3.8, 4) is 11.3 Å². The fourth-order valence-corrected chi connectivity index (χ4v) is 3.04. The fraction of sp³-hybridized carbons (Fsp3) is 0.174. The number of aromatic nitrogens is 3. The zero-order valence-electron chi connectivity index (χ0n) is 17.0. The van der Waals surface area contributed by atoms with Crippen LogP contribution in [-0.4, -0.2) is 33.9 Å². The third-order valence-electron chi connectivity index (χ3n) is 4.98. The van der Waals surface area contributed by atoms with Gasteiger partial charge in [-0.2, -0.15) is 0 Å². The monoisotopic (exact) mass is 403 g/mol. The molecular weight excluding hydrogens is 381 g/mol. The number of hydrogen-bond acceptors (Lipinski definition) is 4. The van der Waals surface area contributed by atoms with E-state index in [0.717, 1.165) is 17.0 Å². The topological polar surface area (TPSA) is 73.9 Å². The Labute approximate surface area is 173 Å². The van der Waals surface area contributed by atoms with Gasteiger partial charge in [-0.3, -0.25) is 9.78 Å². The van der Waals surface area contributed by atoms with Crippen LogP contribution in [-0.2, 0) is 0 Å². The van der Waals surface area contributed by atoms with Crippen molar-refractivity contribution in [3.63, 3.8) is 0 Å². The lowest BCUT2D eigenvalue weighted by atomic mass is 10.1. The quantitative estimate of drug-likeness (QED) is 0.499. The van der Waals surface area contributed by atoms with E-state index in [0.29, 0.717) is 28.6 Å². The van der Waals surface area contributed by atoms with Gasteiger partial charge >= 0.3 is 0 Å². The number of nitrogens with one attached hydrogen (secondary N) is 2. The van der Waals surface area contributed by atoms with Crippen molar-refractivity contribution in [2.45, 2.75) is 19.9 Å². The molecule has 0 radical (unpaired) electrons. The predicted molar refractivity (Wildman–Crippen MR) is 117 cm³/mol. The van der Waals surface area contributed by atoms with Gasteiger partial charge in [-0.1, -0.05) is 12.1 Å². The summed E-state index contributed by atoms with van der Waals surface area (Å²) in [4.78, 5) is 26.8. The molecule has 30 heavy (non-hydrogen) atoms. The molecule has 0 atom stereocenters. The number of hydrogen-bond donors (Lipinski definition) is 2. The van der Waals surface area contributed by atoms with Crippen LogP contribution in [0, 0.1) is 5.82 Å². The summed E-state index contributed by atoms with van der Waals surface area (Å²) in [7, 11) is 1.98. The van der Waals surface area contributed by atoms with E-state index in [4.69, 9.17) is 0 Å². The highest BCUT2D eigenvalue weighted by atomic mass is 19.1. The van der Waals surface area contributed by atoms with Gasteiger partial charge < -0.3 is 15.2 Å². The Morgan fingerprint density at radius 1 is 1.13 bits per heavy atom. The highest BCUT2D eigenvalue weighted by molar-refractivity contribution is 6.05. The second kappa shape index (κ2) is 7.94. The smallest absolute Gasteiger partial charge is 0.257 e. The molecule has 2 aromatic heterocycles. The molecular formula is C23H22FN5O. The molecule has 2 heterocycles. The normalized spacial score (nSPS) is 11.1.